The highest BCUT2D eigenvalue weighted by Gasteiger charge is 2.17. The Labute approximate surface area is 249 Å². The molecule has 0 aliphatic rings. The molecule has 8 nitrogen and oxygen atoms in total. The molecule has 0 fully saturated rings. The van der Waals surface area contributed by atoms with E-state index in [2.05, 4.69) is 16.0 Å². The van der Waals surface area contributed by atoms with Crippen molar-refractivity contribution in [2.75, 3.05) is 30.6 Å². The summed E-state index contributed by atoms with van der Waals surface area (Å²) in [6.07, 6.45) is 1.55. The smallest absolute Gasteiger partial charge is 0.272 e. The van der Waals surface area contributed by atoms with Crippen molar-refractivity contribution in [3.8, 4) is 11.5 Å². The van der Waals surface area contributed by atoms with Crippen molar-refractivity contribution in [2.24, 2.45) is 0 Å². The molecule has 0 spiro atoms. The maximum atomic E-state index is 13.4. The van der Waals surface area contributed by atoms with Crippen LogP contribution < -0.4 is 25.4 Å². The molecule has 42 heavy (non-hydrogen) atoms. The molecule has 0 aliphatic carbocycles. The van der Waals surface area contributed by atoms with Gasteiger partial charge in [-0.25, -0.2) is 0 Å². The largest absolute Gasteiger partial charge is 0.497 e. The number of rotatable bonds is 11. The Bertz CT molecular complexity index is 1590. The molecule has 0 aromatic heterocycles. The lowest BCUT2D eigenvalue weighted by Gasteiger charge is -2.13. The molecule has 0 radical (unpaired) electrons. The van der Waals surface area contributed by atoms with Gasteiger partial charge in [0.2, 0.25) is 5.91 Å². The molecule has 3 amide bonds. The summed E-state index contributed by atoms with van der Waals surface area (Å²) in [5, 5.41) is 8.45. The molecule has 4 rings (SSSR count). The molecule has 0 saturated heterocycles. The first-order valence-corrected chi connectivity index (χ1v) is 14.0. The summed E-state index contributed by atoms with van der Waals surface area (Å²) in [5.74, 6) is 0.244. The highest BCUT2D eigenvalue weighted by molar-refractivity contribution is 8.00. The average molecular weight is 582 g/mol. The Morgan fingerprint density at radius 1 is 0.786 bits per heavy atom. The van der Waals surface area contributed by atoms with Gasteiger partial charge >= 0.3 is 0 Å². The van der Waals surface area contributed by atoms with E-state index in [-0.39, 0.29) is 17.4 Å². The van der Waals surface area contributed by atoms with Crippen LogP contribution in [0.4, 0.5) is 11.4 Å². The van der Waals surface area contributed by atoms with Crippen molar-refractivity contribution in [1.82, 2.24) is 5.32 Å². The minimum Gasteiger partial charge on any atom is -0.497 e. The quantitative estimate of drug-likeness (QED) is 0.145. The van der Waals surface area contributed by atoms with Crippen LogP contribution in [0.25, 0.3) is 6.08 Å². The van der Waals surface area contributed by atoms with Gasteiger partial charge in [0.05, 0.1) is 20.0 Å². The van der Waals surface area contributed by atoms with Crippen LogP contribution in [0.1, 0.15) is 21.5 Å². The summed E-state index contributed by atoms with van der Waals surface area (Å²) >= 11 is 1.38. The number of carbonyl (C=O) groups excluding carboxylic acids is 3. The highest BCUT2D eigenvalue weighted by atomic mass is 32.2. The summed E-state index contributed by atoms with van der Waals surface area (Å²) in [6.45, 7) is 1.97. The first-order chi connectivity index (χ1) is 20.3. The fourth-order valence-electron chi connectivity index (χ4n) is 3.94. The third-order valence-corrected chi connectivity index (χ3v) is 7.07. The van der Waals surface area contributed by atoms with Gasteiger partial charge < -0.3 is 25.4 Å². The lowest BCUT2D eigenvalue weighted by atomic mass is 10.1. The third kappa shape index (κ3) is 8.49. The number of thioether (sulfide) groups is 1. The Hall–Kier alpha value is -5.02. The van der Waals surface area contributed by atoms with Crippen LogP contribution in [0.5, 0.6) is 11.5 Å². The average Bonchev–Trinajstić information content (AvgIpc) is 3.01. The third-order valence-electron chi connectivity index (χ3n) is 6.05. The maximum Gasteiger partial charge on any atom is 0.272 e. The van der Waals surface area contributed by atoms with E-state index in [1.54, 1.807) is 73.8 Å². The van der Waals surface area contributed by atoms with Gasteiger partial charge in [0.15, 0.2) is 0 Å². The topological polar surface area (TPSA) is 106 Å². The van der Waals surface area contributed by atoms with Crippen LogP contribution in [0.3, 0.4) is 0 Å². The minimum absolute atomic E-state index is 0.0265. The van der Waals surface area contributed by atoms with E-state index < -0.39 is 11.8 Å². The number of amides is 3. The number of anilines is 2. The highest BCUT2D eigenvalue weighted by Crippen LogP contribution is 2.27. The molecule has 0 saturated carbocycles. The van der Waals surface area contributed by atoms with Gasteiger partial charge in [-0.1, -0.05) is 30.3 Å². The second-order valence-electron chi connectivity index (χ2n) is 9.17. The molecule has 0 unspecified atom stereocenters. The Morgan fingerprint density at radius 2 is 1.55 bits per heavy atom. The van der Waals surface area contributed by atoms with Gasteiger partial charge in [-0.15, -0.1) is 11.8 Å². The maximum absolute atomic E-state index is 13.4. The van der Waals surface area contributed by atoms with Crippen molar-refractivity contribution in [3.63, 3.8) is 0 Å². The van der Waals surface area contributed by atoms with Crippen molar-refractivity contribution >= 4 is 46.9 Å². The summed E-state index contributed by atoms with van der Waals surface area (Å²) in [4.78, 5) is 39.6. The SMILES string of the molecule is COc1ccc(/C=C(\NC(=O)c2ccccc2)C(=O)Nc2ccc(SCC(=O)Nc3cccc(C)c3)cc2)c(OC)c1. The molecule has 0 aliphatic heterocycles. The fourth-order valence-corrected chi connectivity index (χ4v) is 4.64. The summed E-state index contributed by atoms with van der Waals surface area (Å²) in [6, 6.07) is 28.5. The second-order valence-corrected chi connectivity index (χ2v) is 10.2. The number of methoxy groups -OCH3 is 2. The predicted molar refractivity (Wildman–Crippen MR) is 167 cm³/mol. The molecule has 9 heteroatoms. The molecule has 4 aromatic carbocycles. The minimum atomic E-state index is -0.518. The number of nitrogens with one attached hydrogen (secondary N) is 3. The number of hydrogen-bond acceptors (Lipinski definition) is 6. The summed E-state index contributed by atoms with van der Waals surface area (Å²) in [5.41, 5.74) is 3.36. The van der Waals surface area contributed by atoms with Gasteiger partial charge in [-0.3, -0.25) is 14.4 Å². The van der Waals surface area contributed by atoms with Crippen LogP contribution in [0, 0.1) is 6.92 Å². The van der Waals surface area contributed by atoms with Gasteiger partial charge in [-0.05, 0) is 79.2 Å². The Morgan fingerprint density at radius 3 is 2.24 bits per heavy atom. The van der Waals surface area contributed by atoms with Crippen LogP contribution in [0.2, 0.25) is 0 Å². The van der Waals surface area contributed by atoms with Crippen molar-refractivity contribution < 1.29 is 23.9 Å². The zero-order valence-electron chi connectivity index (χ0n) is 23.5. The molecule has 4 aromatic rings. The lowest BCUT2D eigenvalue weighted by molar-refractivity contribution is -0.114. The van der Waals surface area contributed by atoms with E-state index in [0.29, 0.717) is 28.3 Å². The molecule has 3 N–H and O–H groups in total. The Balaban J connectivity index is 1.46. The number of ether oxygens (including phenoxy) is 2. The molecular weight excluding hydrogens is 550 g/mol. The molecule has 0 heterocycles. The van der Waals surface area contributed by atoms with E-state index >= 15 is 0 Å². The van der Waals surface area contributed by atoms with Crippen LogP contribution in [0.15, 0.2) is 108 Å². The van der Waals surface area contributed by atoms with Crippen molar-refractivity contribution in [3.05, 3.63) is 119 Å². The molecular formula is C33H31N3O5S. The van der Waals surface area contributed by atoms with Crippen LogP contribution >= 0.6 is 11.8 Å². The number of hydrogen-bond donors (Lipinski definition) is 3. The molecule has 214 valence electrons. The standard InChI is InChI=1S/C33H31N3O5S/c1-22-8-7-11-26(18-22)34-31(37)21-42-28-16-13-25(14-17-28)35-33(39)29(36-32(38)23-9-5-4-6-10-23)19-24-12-15-27(40-2)20-30(24)41-3/h4-20H,21H2,1-3H3,(H,34,37)(H,35,39)(H,36,38)/b29-19-. The predicted octanol–water partition coefficient (Wildman–Crippen LogP) is 6.15. The number of carbonyl (C=O) groups is 3. The van der Waals surface area contributed by atoms with Crippen LogP contribution in [-0.2, 0) is 9.59 Å². The second kappa shape index (κ2) is 14.6. The first-order valence-electron chi connectivity index (χ1n) is 13.1. The zero-order chi connectivity index (χ0) is 29.9. The van der Waals surface area contributed by atoms with Crippen molar-refractivity contribution in [2.45, 2.75) is 11.8 Å². The van der Waals surface area contributed by atoms with Gasteiger partial charge in [0, 0.05) is 33.5 Å². The van der Waals surface area contributed by atoms with E-state index in [9.17, 15) is 14.4 Å². The van der Waals surface area contributed by atoms with Gasteiger partial charge in [0.25, 0.3) is 11.8 Å². The van der Waals surface area contributed by atoms with E-state index in [4.69, 9.17) is 9.47 Å². The van der Waals surface area contributed by atoms with Crippen LogP contribution in [-0.4, -0.2) is 37.7 Å². The van der Waals surface area contributed by atoms with E-state index in [0.717, 1.165) is 16.1 Å². The van der Waals surface area contributed by atoms with E-state index in [1.165, 1.54) is 18.9 Å². The van der Waals surface area contributed by atoms with Gasteiger partial charge in [-0.2, -0.15) is 0 Å². The molecule has 0 bridgehead atoms. The molecule has 0 atom stereocenters. The zero-order valence-corrected chi connectivity index (χ0v) is 24.3. The number of benzene rings is 4. The lowest BCUT2D eigenvalue weighted by Crippen LogP contribution is -2.30. The number of aryl methyl sites for hydroxylation is 1. The van der Waals surface area contributed by atoms with E-state index in [1.807, 2.05) is 43.3 Å². The van der Waals surface area contributed by atoms with Gasteiger partial charge in [0.1, 0.15) is 17.2 Å². The Kier molecular flexibility index (Phi) is 10.4. The van der Waals surface area contributed by atoms with Crippen molar-refractivity contribution in [1.29, 1.82) is 0 Å². The first kappa shape index (κ1) is 30.0. The summed E-state index contributed by atoms with van der Waals surface area (Å²) < 4.78 is 10.7. The summed E-state index contributed by atoms with van der Waals surface area (Å²) in [7, 11) is 3.06. The normalized spacial score (nSPS) is 10.9. The fraction of sp³-hybridized carbons (Fsp3) is 0.121. The monoisotopic (exact) mass is 581 g/mol.